The standard InChI is InChI=1S/C12H14Cl2N4O2S/c1-7(17-21(3,19)20)12-15-8(2)16-18(12)9-4-5-10(13)11(14)6-9/h4-7,17H,1-3H3/t7-/m1/s1. The first-order valence-electron chi connectivity index (χ1n) is 6.03. The molecule has 9 heteroatoms. The summed E-state index contributed by atoms with van der Waals surface area (Å²) in [4.78, 5) is 4.27. The van der Waals surface area contributed by atoms with E-state index in [0.29, 0.717) is 27.4 Å². The van der Waals surface area contributed by atoms with Crippen molar-refractivity contribution >= 4 is 33.2 Å². The third kappa shape index (κ3) is 3.94. The summed E-state index contributed by atoms with van der Waals surface area (Å²) in [6.45, 7) is 3.42. The highest BCUT2D eigenvalue weighted by molar-refractivity contribution is 7.88. The highest BCUT2D eigenvalue weighted by Gasteiger charge is 2.19. The van der Waals surface area contributed by atoms with Crippen LogP contribution in [0.5, 0.6) is 0 Å². The van der Waals surface area contributed by atoms with Gasteiger partial charge in [0, 0.05) is 0 Å². The van der Waals surface area contributed by atoms with Gasteiger partial charge in [0.1, 0.15) is 11.6 Å². The van der Waals surface area contributed by atoms with Gasteiger partial charge in [-0.2, -0.15) is 5.10 Å². The van der Waals surface area contributed by atoms with Crippen molar-refractivity contribution < 1.29 is 8.42 Å². The third-order valence-corrected chi connectivity index (χ3v) is 4.18. The Bertz CT molecular complexity index is 774. The second-order valence-electron chi connectivity index (χ2n) is 4.64. The van der Waals surface area contributed by atoms with Crippen molar-refractivity contribution in [3.8, 4) is 5.69 Å². The molecule has 0 aliphatic rings. The van der Waals surface area contributed by atoms with Crippen molar-refractivity contribution in [2.45, 2.75) is 19.9 Å². The van der Waals surface area contributed by atoms with Gasteiger partial charge in [-0.15, -0.1) is 0 Å². The van der Waals surface area contributed by atoms with E-state index in [9.17, 15) is 8.42 Å². The van der Waals surface area contributed by atoms with Gasteiger partial charge in [-0.25, -0.2) is 22.8 Å². The summed E-state index contributed by atoms with van der Waals surface area (Å²) in [6, 6.07) is 4.50. The topological polar surface area (TPSA) is 76.9 Å². The molecule has 0 saturated carbocycles. The van der Waals surface area contributed by atoms with Crippen LogP contribution in [0.15, 0.2) is 18.2 Å². The molecule has 1 atom stereocenters. The maximum absolute atomic E-state index is 11.4. The minimum Gasteiger partial charge on any atom is -0.216 e. The van der Waals surface area contributed by atoms with Crippen LogP contribution in [0.1, 0.15) is 24.6 Å². The second-order valence-corrected chi connectivity index (χ2v) is 7.23. The van der Waals surface area contributed by atoms with Crippen molar-refractivity contribution in [2.24, 2.45) is 0 Å². The fourth-order valence-corrected chi connectivity index (χ4v) is 2.93. The van der Waals surface area contributed by atoms with Crippen LogP contribution in [0.3, 0.4) is 0 Å². The third-order valence-electron chi connectivity index (χ3n) is 2.66. The van der Waals surface area contributed by atoms with Crippen molar-refractivity contribution in [2.75, 3.05) is 6.26 Å². The SMILES string of the molecule is Cc1nc([C@@H](C)NS(C)(=O)=O)n(-c2ccc(Cl)c(Cl)c2)n1. The second kappa shape index (κ2) is 5.92. The monoisotopic (exact) mass is 348 g/mol. The van der Waals surface area contributed by atoms with Crippen LogP contribution in [-0.2, 0) is 10.0 Å². The van der Waals surface area contributed by atoms with Gasteiger partial charge in [0.05, 0.1) is 28.0 Å². The van der Waals surface area contributed by atoms with Crippen molar-refractivity contribution in [3.63, 3.8) is 0 Å². The first kappa shape index (κ1) is 16.2. The maximum Gasteiger partial charge on any atom is 0.209 e. The summed E-state index contributed by atoms with van der Waals surface area (Å²) in [5, 5.41) is 5.09. The average molecular weight is 349 g/mol. The van der Waals surface area contributed by atoms with Crippen LogP contribution in [-0.4, -0.2) is 29.4 Å². The van der Waals surface area contributed by atoms with Gasteiger partial charge in [-0.05, 0) is 32.0 Å². The lowest BCUT2D eigenvalue weighted by Crippen LogP contribution is -2.27. The van der Waals surface area contributed by atoms with E-state index in [1.807, 2.05) is 0 Å². The van der Waals surface area contributed by atoms with Gasteiger partial charge in [-0.1, -0.05) is 23.2 Å². The maximum atomic E-state index is 11.4. The van der Waals surface area contributed by atoms with Gasteiger partial charge in [-0.3, -0.25) is 0 Å². The molecule has 21 heavy (non-hydrogen) atoms. The van der Waals surface area contributed by atoms with Crippen LogP contribution in [0.4, 0.5) is 0 Å². The van der Waals surface area contributed by atoms with Crippen LogP contribution < -0.4 is 4.72 Å². The lowest BCUT2D eigenvalue weighted by atomic mass is 10.3. The lowest BCUT2D eigenvalue weighted by molar-refractivity contribution is 0.560. The fraction of sp³-hybridized carbons (Fsp3) is 0.333. The Morgan fingerprint density at radius 1 is 1.29 bits per heavy atom. The van der Waals surface area contributed by atoms with Gasteiger partial charge in [0.15, 0.2) is 0 Å². The average Bonchev–Trinajstić information content (AvgIpc) is 2.73. The summed E-state index contributed by atoms with van der Waals surface area (Å²) >= 11 is 11.9. The summed E-state index contributed by atoms with van der Waals surface area (Å²) in [5.74, 6) is 0.995. The number of nitrogens with zero attached hydrogens (tertiary/aromatic N) is 3. The molecule has 0 fully saturated rings. The summed E-state index contributed by atoms with van der Waals surface area (Å²) in [5.41, 5.74) is 0.655. The van der Waals surface area contributed by atoms with Gasteiger partial charge in [0.25, 0.3) is 0 Å². The molecule has 0 aliphatic carbocycles. The highest BCUT2D eigenvalue weighted by Crippen LogP contribution is 2.25. The molecule has 2 rings (SSSR count). The van der Waals surface area contributed by atoms with E-state index in [0.717, 1.165) is 6.26 Å². The van der Waals surface area contributed by atoms with Crippen molar-refractivity contribution in [1.82, 2.24) is 19.5 Å². The smallest absolute Gasteiger partial charge is 0.209 e. The largest absolute Gasteiger partial charge is 0.216 e. The fourth-order valence-electron chi connectivity index (χ4n) is 1.89. The molecule has 6 nitrogen and oxygen atoms in total. The molecular weight excluding hydrogens is 335 g/mol. The molecule has 0 bridgehead atoms. The first-order chi connectivity index (χ1) is 9.67. The predicted molar refractivity (Wildman–Crippen MR) is 82.5 cm³/mol. The molecule has 1 aromatic heterocycles. The molecule has 0 radical (unpaired) electrons. The molecule has 2 aromatic rings. The van der Waals surface area contributed by atoms with Gasteiger partial charge in [0.2, 0.25) is 10.0 Å². The molecule has 1 N–H and O–H groups in total. The van der Waals surface area contributed by atoms with Crippen LogP contribution in [0.25, 0.3) is 5.69 Å². The van der Waals surface area contributed by atoms with Crippen molar-refractivity contribution in [3.05, 3.63) is 39.9 Å². The van der Waals surface area contributed by atoms with Crippen LogP contribution in [0.2, 0.25) is 10.0 Å². The molecule has 0 spiro atoms. The Labute approximate surface area is 133 Å². The minimum absolute atomic E-state index is 0.386. The number of halogens is 2. The Balaban J connectivity index is 2.47. The normalized spacial score (nSPS) is 13.4. The highest BCUT2D eigenvalue weighted by atomic mass is 35.5. The quantitative estimate of drug-likeness (QED) is 0.920. The van der Waals surface area contributed by atoms with Gasteiger partial charge < -0.3 is 0 Å². The zero-order valence-electron chi connectivity index (χ0n) is 11.6. The zero-order valence-corrected chi connectivity index (χ0v) is 14.0. The minimum atomic E-state index is -3.35. The molecule has 0 aliphatic heterocycles. The number of aromatic nitrogens is 3. The molecule has 0 saturated heterocycles. The van der Waals surface area contributed by atoms with E-state index in [2.05, 4.69) is 14.8 Å². The molecule has 114 valence electrons. The zero-order chi connectivity index (χ0) is 15.8. The molecule has 1 aromatic carbocycles. The Kier molecular flexibility index (Phi) is 4.57. The number of aryl methyl sites for hydroxylation is 1. The van der Waals surface area contributed by atoms with Crippen LogP contribution in [0, 0.1) is 6.92 Å². The first-order valence-corrected chi connectivity index (χ1v) is 8.68. The van der Waals surface area contributed by atoms with Crippen molar-refractivity contribution in [1.29, 1.82) is 0 Å². The van der Waals surface area contributed by atoms with E-state index in [1.54, 1.807) is 36.7 Å². The predicted octanol–water partition coefficient (Wildman–Crippen LogP) is 2.49. The molecule has 1 heterocycles. The Morgan fingerprint density at radius 3 is 2.52 bits per heavy atom. The Morgan fingerprint density at radius 2 is 1.95 bits per heavy atom. The number of nitrogens with one attached hydrogen (secondary N) is 1. The molecule has 0 unspecified atom stereocenters. The number of hydrogen-bond donors (Lipinski definition) is 1. The molecular formula is C12H14Cl2N4O2S. The van der Waals surface area contributed by atoms with E-state index < -0.39 is 16.1 Å². The lowest BCUT2D eigenvalue weighted by Gasteiger charge is -2.13. The van der Waals surface area contributed by atoms with E-state index in [1.165, 1.54) is 0 Å². The number of sulfonamides is 1. The summed E-state index contributed by atoms with van der Waals surface area (Å²) in [7, 11) is -3.35. The Hall–Kier alpha value is -1.15. The number of hydrogen-bond acceptors (Lipinski definition) is 4. The summed E-state index contributed by atoms with van der Waals surface area (Å²) < 4.78 is 26.7. The molecule has 0 amide bonds. The van der Waals surface area contributed by atoms with E-state index >= 15 is 0 Å². The van der Waals surface area contributed by atoms with Crippen LogP contribution >= 0.6 is 23.2 Å². The number of rotatable bonds is 4. The van der Waals surface area contributed by atoms with E-state index in [4.69, 9.17) is 23.2 Å². The number of benzene rings is 1. The summed E-state index contributed by atoms with van der Waals surface area (Å²) in [6.07, 6.45) is 1.09. The van der Waals surface area contributed by atoms with Gasteiger partial charge >= 0.3 is 0 Å². The van der Waals surface area contributed by atoms with E-state index in [-0.39, 0.29) is 0 Å².